The van der Waals surface area contributed by atoms with Crippen LogP contribution in [0.5, 0.6) is 5.75 Å². The van der Waals surface area contributed by atoms with Gasteiger partial charge in [-0.25, -0.2) is 9.18 Å². The lowest BCUT2D eigenvalue weighted by Crippen LogP contribution is -2.57. The molecule has 2 aliphatic rings. The number of urea groups is 1. The van der Waals surface area contributed by atoms with Gasteiger partial charge in [0.05, 0.1) is 5.69 Å². The van der Waals surface area contributed by atoms with Gasteiger partial charge >= 0.3 is 6.03 Å². The summed E-state index contributed by atoms with van der Waals surface area (Å²) in [5.41, 5.74) is 1.69. The van der Waals surface area contributed by atoms with Crippen LogP contribution in [0, 0.1) is 23.6 Å². The van der Waals surface area contributed by atoms with E-state index in [1.165, 1.54) is 23.1 Å². The Morgan fingerprint density at radius 2 is 1.76 bits per heavy atom. The Bertz CT molecular complexity index is 1230. The molecule has 0 aliphatic carbocycles. The fourth-order valence-corrected chi connectivity index (χ4v) is 5.84. The SMILES string of the molecule is Cc1cccc(NC(=O)N[C@H]2C(=O)N(CC(=O)N3CC(C)(C)CC(C)(C)C3)c3ccc(F)cc3O[C@H]2C)c1. The number of likely N-dealkylation sites (tertiary alicyclic amines) is 1. The highest BCUT2D eigenvalue weighted by Gasteiger charge is 2.42. The third-order valence-corrected chi connectivity index (χ3v) is 6.93. The van der Waals surface area contributed by atoms with Crippen LogP contribution in [0.2, 0.25) is 0 Å². The van der Waals surface area contributed by atoms with Crippen molar-refractivity contribution < 1.29 is 23.5 Å². The Labute approximate surface area is 223 Å². The molecule has 0 radical (unpaired) electrons. The predicted octanol–water partition coefficient (Wildman–Crippen LogP) is 4.72. The van der Waals surface area contributed by atoms with Crippen LogP contribution in [0.4, 0.5) is 20.6 Å². The normalized spacial score (nSPS) is 22.1. The topological polar surface area (TPSA) is 91.0 Å². The average molecular weight is 525 g/mol. The van der Waals surface area contributed by atoms with Crippen LogP contribution in [0.15, 0.2) is 42.5 Å². The molecule has 1 fully saturated rings. The number of piperidine rings is 1. The van der Waals surface area contributed by atoms with Crippen molar-refractivity contribution in [2.45, 2.75) is 60.1 Å². The number of amides is 4. The fourth-order valence-electron chi connectivity index (χ4n) is 5.84. The maximum absolute atomic E-state index is 14.1. The lowest BCUT2D eigenvalue weighted by molar-refractivity contribution is -0.137. The van der Waals surface area contributed by atoms with Crippen molar-refractivity contribution in [1.29, 1.82) is 0 Å². The first-order valence-corrected chi connectivity index (χ1v) is 12.9. The molecule has 38 heavy (non-hydrogen) atoms. The van der Waals surface area contributed by atoms with Crippen LogP contribution in [-0.2, 0) is 9.59 Å². The maximum atomic E-state index is 14.1. The Morgan fingerprint density at radius 1 is 1.08 bits per heavy atom. The Balaban J connectivity index is 1.60. The standard InChI is InChI=1S/C29H37FN4O4/c1-18-8-7-9-21(12-18)31-27(37)32-25-19(2)38-23-13-20(30)10-11-22(23)34(26(25)36)14-24(35)33-16-28(3,4)15-29(5,6)17-33/h7-13,19,25H,14-17H2,1-6H3,(H2,31,32,37)/t19-,25+/m0/s1. The summed E-state index contributed by atoms with van der Waals surface area (Å²) in [4.78, 5) is 43.4. The average Bonchev–Trinajstić information content (AvgIpc) is 2.87. The van der Waals surface area contributed by atoms with Crippen LogP contribution in [0.25, 0.3) is 0 Å². The number of aryl methyl sites for hydroxylation is 1. The van der Waals surface area contributed by atoms with Gasteiger partial charge in [-0.15, -0.1) is 0 Å². The smallest absolute Gasteiger partial charge is 0.320 e. The minimum absolute atomic E-state index is 0.0726. The molecule has 2 aromatic carbocycles. The van der Waals surface area contributed by atoms with Gasteiger partial charge in [0.25, 0.3) is 5.91 Å². The lowest BCUT2D eigenvalue weighted by atomic mass is 9.71. The van der Waals surface area contributed by atoms with Crippen molar-refractivity contribution in [3.8, 4) is 5.75 Å². The number of halogens is 1. The van der Waals surface area contributed by atoms with E-state index in [4.69, 9.17) is 4.74 Å². The summed E-state index contributed by atoms with van der Waals surface area (Å²) in [6.45, 7) is 12.9. The largest absolute Gasteiger partial charge is 0.486 e. The molecule has 2 atom stereocenters. The molecule has 8 nitrogen and oxygen atoms in total. The molecule has 2 N–H and O–H groups in total. The van der Waals surface area contributed by atoms with E-state index in [0.29, 0.717) is 18.8 Å². The number of ether oxygens (including phenoxy) is 1. The molecule has 0 unspecified atom stereocenters. The second kappa shape index (κ2) is 10.3. The van der Waals surface area contributed by atoms with Crippen LogP contribution in [-0.4, -0.2) is 54.5 Å². The number of carbonyl (C=O) groups excluding carboxylic acids is 3. The van der Waals surface area contributed by atoms with Crippen LogP contribution < -0.4 is 20.3 Å². The van der Waals surface area contributed by atoms with Gasteiger partial charge in [-0.1, -0.05) is 39.8 Å². The van der Waals surface area contributed by atoms with E-state index in [9.17, 15) is 18.8 Å². The number of fused-ring (bicyclic) bond motifs is 1. The zero-order chi connectivity index (χ0) is 27.8. The molecule has 4 rings (SSSR count). The molecule has 0 spiro atoms. The summed E-state index contributed by atoms with van der Waals surface area (Å²) < 4.78 is 20.1. The fraction of sp³-hybridized carbons (Fsp3) is 0.483. The minimum Gasteiger partial charge on any atom is -0.486 e. The van der Waals surface area contributed by atoms with Gasteiger partial charge in [0.15, 0.2) is 0 Å². The maximum Gasteiger partial charge on any atom is 0.320 e. The highest BCUT2D eigenvalue weighted by Crippen LogP contribution is 2.40. The predicted molar refractivity (Wildman–Crippen MR) is 145 cm³/mol. The van der Waals surface area contributed by atoms with Gasteiger partial charge < -0.3 is 20.3 Å². The van der Waals surface area contributed by atoms with Crippen LogP contribution in [0.1, 0.15) is 46.6 Å². The van der Waals surface area contributed by atoms with Gasteiger partial charge in [0.1, 0.15) is 30.3 Å². The van der Waals surface area contributed by atoms with Gasteiger partial charge in [-0.2, -0.15) is 0 Å². The minimum atomic E-state index is -1.11. The van der Waals surface area contributed by atoms with E-state index in [1.807, 2.05) is 19.1 Å². The van der Waals surface area contributed by atoms with E-state index in [-0.39, 0.29) is 34.7 Å². The molecule has 2 aliphatic heterocycles. The molecular formula is C29H37FN4O4. The van der Waals surface area contributed by atoms with E-state index in [0.717, 1.165) is 12.0 Å². The highest BCUT2D eigenvalue weighted by atomic mass is 19.1. The summed E-state index contributed by atoms with van der Waals surface area (Å²) in [6, 6.07) is 9.42. The van der Waals surface area contributed by atoms with Gasteiger partial charge in [0.2, 0.25) is 5.91 Å². The van der Waals surface area contributed by atoms with Crippen LogP contribution >= 0.6 is 0 Å². The summed E-state index contributed by atoms with van der Waals surface area (Å²) >= 11 is 0. The molecular weight excluding hydrogens is 487 g/mol. The second-order valence-electron chi connectivity index (χ2n) is 12.1. The first kappa shape index (κ1) is 27.4. The number of nitrogens with one attached hydrogen (secondary N) is 2. The monoisotopic (exact) mass is 524 g/mol. The van der Waals surface area contributed by atoms with Gasteiger partial charge in [-0.3, -0.25) is 14.5 Å². The third-order valence-electron chi connectivity index (χ3n) is 6.93. The zero-order valence-corrected chi connectivity index (χ0v) is 22.9. The highest BCUT2D eigenvalue weighted by molar-refractivity contribution is 6.05. The van der Waals surface area contributed by atoms with E-state index in [1.54, 1.807) is 24.0 Å². The molecule has 1 saturated heterocycles. The van der Waals surface area contributed by atoms with Gasteiger partial charge in [0, 0.05) is 24.8 Å². The van der Waals surface area contributed by atoms with E-state index >= 15 is 0 Å². The van der Waals surface area contributed by atoms with Crippen molar-refractivity contribution in [3.63, 3.8) is 0 Å². The van der Waals surface area contributed by atoms with Crippen LogP contribution in [0.3, 0.4) is 0 Å². The molecule has 2 heterocycles. The molecule has 0 saturated carbocycles. The first-order valence-electron chi connectivity index (χ1n) is 12.9. The number of anilines is 2. The van der Waals surface area contributed by atoms with E-state index < -0.39 is 29.9 Å². The Hall–Kier alpha value is -3.62. The second-order valence-corrected chi connectivity index (χ2v) is 12.1. The van der Waals surface area contributed by atoms with Gasteiger partial charge in [-0.05, 0) is 60.9 Å². The number of hydrogen-bond donors (Lipinski definition) is 2. The molecule has 0 bridgehead atoms. The van der Waals surface area contributed by atoms with Crippen molar-refractivity contribution in [1.82, 2.24) is 10.2 Å². The van der Waals surface area contributed by atoms with Crippen molar-refractivity contribution >= 4 is 29.2 Å². The first-order chi connectivity index (χ1) is 17.7. The Kier molecular flexibility index (Phi) is 7.41. The number of benzene rings is 2. The number of nitrogens with zero attached hydrogens (tertiary/aromatic N) is 2. The summed E-state index contributed by atoms with van der Waals surface area (Å²) in [6.07, 6.45) is 0.154. The summed E-state index contributed by atoms with van der Waals surface area (Å²) in [5, 5.41) is 5.44. The molecule has 4 amide bonds. The number of rotatable bonds is 4. The Morgan fingerprint density at radius 3 is 2.42 bits per heavy atom. The van der Waals surface area contributed by atoms with E-state index in [2.05, 4.69) is 38.3 Å². The zero-order valence-electron chi connectivity index (χ0n) is 22.9. The summed E-state index contributed by atoms with van der Waals surface area (Å²) in [7, 11) is 0. The molecule has 0 aromatic heterocycles. The number of hydrogen-bond acceptors (Lipinski definition) is 4. The summed E-state index contributed by atoms with van der Waals surface area (Å²) in [5.74, 6) is -1.11. The number of carbonyl (C=O) groups is 3. The molecule has 9 heteroatoms. The molecule has 2 aromatic rings. The lowest BCUT2D eigenvalue weighted by Gasteiger charge is -2.47. The van der Waals surface area contributed by atoms with Crippen molar-refractivity contribution in [2.75, 3.05) is 29.9 Å². The third kappa shape index (κ3) is 6.26. The quantitative estimate of drug-likeness (QED) is 0.606. The van der Waals surface area contributed by atoms with Crippen molar-refractivity contribution in [3.05, 3.63) is 53.8 Å². The van der Waals surface area contributed by atoms with Crippen molar-refractivity contribution in [2.24, 2.45) is 10.8 Å². The molecule has 204 valence electrons.